The largest absolute Gasteiger partial charge is 0.461 e. The van der Waals surface area contributed by atoms with Crippen molar-refractivity contribution < 1.29 is 18.7 Å². The molecule has 2 heterocycles. The van der Waals surface area contributed by atoms with Gasteiger partial charge in [0.15, 0.2) is 11.5 Å². The van der Waals surface area contributed by atoms with E-state index in [4.69, 9.17) is 9.15 Å². The van der Waals surface area contributed by atoms with Crippen molar-refractivity contribution in [2.75, 3.05) is 19.8 Å². The van der Waals surface area contributed by atoms with Crippen molar-refractivity contribution in [1.82, 2.24) is 4.90 Å². The van der Waals surface area contributed by atoms with Crippen LogP contribution in [0.5, 0.6) is 0 Å². The van der Waals surface area contributed by atoms with Crippen LogP contribution in [0.25, 0.3) is 0 Å². The van der Waals surface area contributed by atoms with Gasteiger partial charge in [0.25, 0.3) is 0 Å². The Balaban J connectivity index is 1.99. The summed E-state index contributed by atoms with van der Waals surface area (Å²) in [6, 6.07) is 3.15. The van der Waals surface area contributed by atoms with Gasteiger partial charge in [0.05, 0.1) is 25.5 Å². The summed E-state index contributed by atoms with van der Waals surface area (Å²) in [7, 11) is 0. The van der Waals surface area contributed by atoms with Crippen molar-refractivity contribution in [1.29, 1.82) is 0 Å². The van der Waals surface area contributed by atoms with E-state index in [9.17, 15) is 9.59 Å². The molecule has 2 rings (SSSR count). The minimum Gasteiger partial charge on any atom is -0.461 e. The monoisotopic (exact) mass is 265 g/mol. The predicted octanol–water partition coefficient (Wildman–Crippen LogP) is 1.88. The van der Waals surface area contributed by atoms with Gasteiger partial charge in [-0.3, -0.25) is 9.59 Å². The van der Waals surface area contributed by atoms with E-state index in [-0.39, 0.29) is 24.2 Å². The third-order valence-electron chi connectivity index (χ3n) is 3.23. The molecule has 1 aromatic heterocycles. The van der Waals surface area contributed by atoms with E-state index in [1.807, 2.05) is 6.92 Å². The molecule has 0 spiro atoms. The van der Waals surface area contributed by atoms with Crippen LogP contribution in [0.1, 0.15) is 36.7 Å². The number of morpholine rings is 1. The molecule has 1 aliphatic rings. The molecule has 0 aliphatic carbocycles. The van der Waals surface area contributed by atoms with Crippen LogP contribution in [0.3, 0.4) is 0 Å². The van der Waals surface area contributed by atoms with E-state index < -0.39 is 0 Å². The molecule has 1 saturated heterocycles. The Hall–Kier alpha value is -1.62. The van der Waals surface area contributed by atoms with Crippen LogP contribution in [0.4, 0.5) is 0 Å². The first-order valence-electron chi connectivity index (χ1n) is 6.66. The second-order valence-corrected chi connectivity index (χ2v) is 4.67. The van der Waals surface area contributed by atoms with Crippen molar-refractivity contribution in [3.8, 4) is 0 Å². The fraction of sp³-hybridized carbons (Fsp3) is 0.571. The van der Waals surface area contributed by atoms with E-state index in [1.165, 1.54) is 6.26 Å². The van der Waals surface area contributed by atoms with Gasteiger partial charge in [-0.15, -0.1) is 0 Å². The molecule has 0 bridgehead atoms. The summed E-state index contributed by atoms with van der Waals surface area (Å²) in [5.41, 5.74) is 0. The number of furan rings is 1. The fourth-order valence-corrected chi connectivity index (χ4v) is 2.26. The smallest absolute Gasteiger partial charge is 0.222 e. The standard InChI is InChI=1S/C14H19NO4/c1-2-4-14(17)15-6-8-18-10-11(15)9-12(16)13-5-3-7-19-13/h3,5,7,11H,2,4,6,8-10H2,1H3/t11-/m1/s1. The molecule has 0 saturated carbocycles. The molecule has 1 fully saturated rings. The average molecular weight is 265 g/mol. The van der Waals surface area contributed by atoms with E-state index in [0.29, 0.717) is 31.9 Å². The van der Waals surface area contributed by atoms with Crippen LogP contribution in [0, 0.1) is 0 Å². The number of amides is 1. The first-order valence-corrected chi connectivity index (χ1v) is 6.66. The summed E-state index contributed by atoms with van der Waals surface area (Å²) in [5.74, 6) is 0.353. The summed E-state index contributed by atoms with van der Waals surface area (Å²) >= 11 is 0. The summed E-state index contributed by atoms with van der Waals surface area (Å²) in [4.78, 5) is 25.8. The SMILES string of the molecule is CCCC(=O)N1CCOC[C@H]1CC(=O)c1ccco1. The molecular formula is C14H19NO4. The molecule has 19 heavy (non-hydrogen) atoms. The Labute approximate surface area is 112 Å². The lowest BCUT2D eigenvalue weighted by molar-refractivity contribution is -0.139. The zero-order valence-electron chi connectivity index (χ0n) is 11.1. The highest BCUT2D eigenvalue weighted by atomic mass is 16.5. The van der Waals surface area contributed by atoms with Crippen LogP contribution in [0.2, 0.25) is 0 Å². The molecule has 104 valence electrons. The minimum atomic E-state index is -0.176. The molecule has 1 aliphatic heterocycles. The maximum atomic E-state index is 12.0. The Bertz CT molecular complexity index is 427. The predicted molar refractivity (Wildman–Crippen MR) is 68.9 cm³/mol. The second-order valence-electron chi connectivity index (χ2n) is 4.67. The Morgan fingerprint density at radius 1 is 1.47 bits per heavy atom. The Morgan fingerprint density at radius 2 is 2.32 bits per heavy atom. The Morgan fingerprint density at radius 3 is 3.00 bits per heavy atom. The van der Waals surface area contributed by atoms with E-state index in [1.54, 1.807) is 17.0 Å². The molecule has 1 aromatic rings. The third kappa shape index (κ3) is 3.44. The highest BCUT2D eigenvalue weighted by molar-refractivity contribution is 5.94. The average Bonchev–Trinajstić information content (AvgIpc) is 2.93. The van der Waals surface area contributed by atoms with Gasteiger partial charge >= 0.3 is 0 Å². The van der Waals surface area contributed by atoms with Gasteiger partial charge < -0.3 is 14.1 Å². The van der Waals surface area contributed by atoms with Crippen molar-refractivity contribution in [2.45, 2.75) is 32.2 Å². The van der Waals surface area contributed by atoms with Crippen molar-refractivity contribution >= 4 is 11.7 Å². The Kier molecular flexibility index (Phi) is 4.74. The molecule has 1 atom stereocenters. The van der Waals surface area contributed by atoms with Crippen LogP contribution in [0.15, 0.2) is 22.8 Å². The van der Waals surface area contributed by atoms with Gasteiger partial charge in [-0.05, 0) is 18.6 Å². The number of ether oxygens (including phenoxy) is 1. The maximum absolute atomic E-state index is 12.0. The number of carbonyl (C=O) groups excluding carboxylic acids is 2. The quantitative estimate of drug-likeness (QED) is 0.763. The number of hydrogen-bond acceptors (Lipinski definition) is 4. The molecular weight excluding hydrogens is 246 g/mol. The summed E-state index contributed by atoms with van der Waals surface area (Å²) in [6.45, 7) is 3.50. The van der Waals surface area contributed by atoms with Crippen molar-refractivity contribution in [2.24, 2.45) is 0 Å². The van der Waals surface area contributed by atoms with Crippen molar-refractivity contribution in [3.05, 3.63) is 24.2 Å². The van der Waals surface area contributed by atoms with E-state index in [0.717, 1.165) is 6.42 Å². The zero-order valence-corrected chi connectivity index (χ0v) is 11.1. The minimum absolute atomic E-state index is 0.0881. The first-order chi connectivity index (χ1) is 9.22. The van der Waals surface area contributed by atoms with Gasteiger partial charge in [0.2, 0.25) is 5.91 Å². The number of carbonyl (C=O) groups is 2. The lowest BCUT2D eigenvalue weighted by atomic mass is 10.1. The summed E-state index contributed by atoms with van der Waals surface area (Å²) in [6.07, 6.45) is 3.06. The topological polar surface area (TPSA) is 59.8 Å². The first kappa shape index (κ1) is 13.8. The molecule has 5 heteroatoms. The molecule has 0 aromatic carbocycles. The lowest BCUT2D eigenvalue weighted by Gasteiger charge is -2.35. The lowest BCUT2D eigenvalue weighted by Crippen LogP contribution is -2.49. The van der Waals surface area contributed by atoms with E-state index >= 15 is 0 Å². The van der Waals surface area contributed by atoms with Crippen LogP contribution < -0.4 is 0 Å². The highest BCUT2D eigenvalue weighted by Gasteiger charge is 2.29. The van der Waals surface area contributed by atoms with Gasteiger partial charge in [-0.2, -0.15) is 0 Å². The number of ketones is 1. The fourth-order valence-electron chi connectivity index (χ4n) is 2.26. The number of Topliss-reactive ketones (excluding diaryl/α,β-unsaturated/α-hetero) is 1. The zero-order chi connectivity index (χ0) is 13.7. The summed E-state index contributed by atoms with van der Waals surface area (Å²) < 4.78 is 10.5. The van der Waals surface area contributed by atoms with Gasteiger partial charge in [-0.1, -0.05) is 6.92 Å². The molecule has 1 amide bonds. The highest BCUT2D eigenvalue weighted by Crippen LogP contribution is 2.16. The molecule has 0 radical (unpaired) electrons. The van der Waals surface area contributed by atoms with E-state index in [2.05, 4.69) is 0 Å². The molecule has 5 nitrogen and oxygen atoms in total. The van der Waals surface area contributed by atoms with Gasteiger partial charge in [-0.25, -0.2) is 0 Å². The normalized spacial score (nSPS) is 19.4. The van der Waals surface area contributed by atoms with Crippen LogP contribution >= 0.6 is 0 Å². The van der Waals surface area contributed by atoms with Crippen LogP contribution in [-0.2, 0) is 9.53 Å². The van der Waals surface area contributed by atoms with Crippen molar-refractivity contribution in [3.63, 3.8) is 0 Å². The molecule has 0 N–H and O–H groups in total. The molecule has 0 unspecified atom stereocenters. The number of hydrogen-bond donors (Lipinski definition) is 0. The third-order valence-corrected chi connectivity index (χ3v) is 3.23. The maximum Gasteiger partial charge on any atom is 0.222 e. The van der Waals surface area contributed by atoms with Gasteiger partial charge in [0.1, 0.15) is 0 Å². The number of nitrogens with zero attached hydrogens (tertiary/aromatic N) is 1. The van der Waals surface area contributed by atoms with Crippen LogP contribution in [-0.4, -0.2) is 42.4 Å². The number of rotatable bonds is 5. The summed E-state index contributed by atoms with van der Waals surface area (Å²) in [5, 5.41) is 0. The second kappa shape index (κ2) is 6.52. The van der Waals surface area contributed by atoms with Gasteiger partial charge in [0, 0.05) is 19.4 Å².